The van der Waals surface area contributed by atoms with Crippen LogP contribution in [0.4, 0.5) is 0 Å². The zero-order valence-electron chi connectivity index (χ0n) is 13.2. The fraction of sp³-hybridized carbons (Fsp3) is 0.353. The summed E-state index contributed by atoms with van der Waals surface area (Å²) in [5.41, 5.74) is 2.23. The lowest BCUT2D eigenvalue weighted by Crippen LogP contribution is -2.30. The van der Waals surface area contributed by atoms with Crippen molar-refractivity contribution in [3.05, 3.63) is 66.4 Å². The number of benzene rings is 1. The zero-order valence-corrected chi connectivity index (χ0v) is 14.0. The second-order valence-corrected chi connectivity index (χ2v) is 6.45. The Balaban J connectivity index is 1.64. The predicted octanol–water partition coefficient (Wildman–Crippen LogP) is 1.76. The van der Waals surface area contributed by atoms with Crippen LogP contribution < -0.4 is 16.6 Å². The summed E-state index contributed by atoms with van der Waals surface area (Å²) in [7, 11) is 0. The van der Waals surface area contributed by atoms with E-state index in [0.29, 0.717) is 16.3 Å². The molecule has 0 fully saturated rings. The minimum absolute atomic E-state index is 0.0141. The summed E-state index contributed by atoms with van der Waals surface area (Å²) < 4.78 is 0. The van der Waals surface area contributed by atoms with Crippen molar-refractivity contribution >= 4 is 17.5 Å². The zero-order chi connectivity index (χ0) is 17.3. The molecule has 7 heteroatoms. The van der Waals surface area contributed by atoms with Gasteiger partial charge in [-0.2, -0.15) is 0 Å². The quantitative estimate of drug-likeness (QED) is 0.786. The van der Waals surface area contributed by atoms with Crippen molar-refractivity contribution in [3.8, 4) is 0 Å². The highest BCUT2D eigenvalue weighted by Gasteiger charge is 2.24. The summed E-state index contributed by atoms with van der Waals surface area (Å²) in [5, 5.41) is 3.71. The maximum atomic E-state index is 12.2. The lowest BCUT2D eigenvalue weighted by molar-refractivity contribution is -0.121. The van der Waals surface area contributed by atoms with E-state index in [-0.39, 0.29) is 24.8 Å². The molecule has 0 saturated heterocycles. The first-order chi connectivity index (χ1) is 11.4. The number of fused-ring (bicyclic) bond motifs is 1. The van der Waals surface area contributed by atoms with Gasteiger partial charge in [-0.25, -0.2) is 4.79 Å². The van der Waals surface area contributed by atoms with Crippen LogP contribution in [0.5, 0.6) is 0 Å². The third-order valence-electron chi connectivity index (χ3n) is 4.37. The van der Waals surface area contributed by atoms with Gasteiger partial charge < -0.3 is 10.3 Å². The van der Waals surface area contributed by atoms with Crippen LogP contribution in [-0.4, -0.2) is 15.9 Å². The van der Waals surface area contributed by atoms with Crippen LogP contribution in [0.3, 0.4) is 0 Å². The Labute approximate surface area is 143 Å². The van der Waals surface area contributed by atoms with Gasteiger partial charge in [-0.15, -0.1) is 0 Å². The number of rotatable bonds is 4. The summed E-state index contributed by atoms with van der Waals surface area (Å²) >= 11 is 5.99. The van der Waals surface area contributed by atoms with Crippen LogP contribution >= 0.6 is 11.6 Å². The Morgan fingerprint density at radius 1 is 1.33 bits per heavy atom. The van der Waals surface area contributed by atoms with Crippen LogP contribution in [0.2, 0.25) is 5.02 Å². The minimum atomic E-state index is -0.535. The third-order valence-corrected chi connectivity index (χ3v) is 4.61. The first kappa shape index (κ1) is 16.5. The maximum absolute atomic E-state index is 12.2. The molecule has 3 N–H and O–H groups in total. The largest absolute Gasteiger partial charge is 0.349 e. The molecule has 1 aromatic heterocycles. The number of carbonyl (C=O) groups excluding carboxylic acids is 1. The molecular formula is C17H18ClN3O3. The van der Waals surface area contributed by atoms with E-state index in [1.807, 2.05) is 18.2 Å². The van der Waals surface area contributed by atoms with Gasteiger partial charge >= 0.3 is 5.69 Å². The van der Waals surface area contributed by atoms with Crippen LogP contribution in [0.15, 0.2) is 27.8 Å². The molecule has 0 spiro atoms. The molecule has 6 nitrogen and oxygen atoms in total. The number of carbonyl (C=O) groups is 1. The van der Waals surface area contributed by atoms with Gasteiger partial charge in [0.05, 0.1) is 6.04 Å². The summed E-state index contributed by atoms with van der Waals surface area (Å²) in [5.74, 6) is -0.118. The second-order valence-electron chi connectivity index (χ2n) is 6.01. The van der Waals surface area contributed by atoms with E-state index in [4.69, 9.17) is 11.6 Å². The number of H-pyrrole nitrogens is 2. The average molecular weight is 348 g/mol. The molecule has 1 amide bonds. The van der Waals surface area contributed by atoms with Crippen molar-refractivity contribution < 1.29 is 4.79 Å². The van der Waals surface area contributed by atoms with E-state index in [9.17, 15) is 14.4 Å². The molecule has 0 saturated carbocycles. The van der Waals surface area contributed by atoms with Crippen LogP contribution in [0.25, 0.3) is 0 Å². The second kappa shape index (κ2) is 6.65. The lowest BCUT2D eigenvalue weighted by Gasteiger charge is -2.14. The standard InChI is InChI=1S/C17H18ClN3O3/c1-9-12(16(23)21-17(24)19-9)5-7-15(22)20-14-6-2-10-8-11(18)3-4-13(10)14/h3-4,8,14H,2,5-7H2,1H3,(H,20,22)(H2,19,21,23,24)/t14-/m0/s1. The highest BCUT2D eigenvalue weighted by molar-refractivity contribution is 6.30. The first-order valence-electron chi connectivity index (χ1n) is 7.84. The SMILES string of the molecule is Cc1[nH]c(=O)[nH]c(=O)c1CCC(=O)N[C@H]1CCc2cc(Cl)ccc21. The van der Waals surface area contributed by atoms with Gasteiger partial charge in [0.15, 0.2) is 0 Å². The van der Waals surface area contributed by atoms with Crippen molar-refractivity contribution in [2.24, 2.45) is 0 Å². The Hall–Kier alpha value is -2.34. The van der Waals surface area contributed by atoms with Gasteiger partial charge in [-0.3, -0.25) is 14.6 Å². The topological polar surface area (TPSA) is 94.8 Å². The molecule has 1 aliphatic carbocycles. The molecule has 0 radical (unpaired) electrons. The Morgan fingerprint density at radius 2 is 2.12 bits per heavy atom. The molecule has 3 rings (SSSR count). The number of nitrogens with one attached hydrogen (secondary N) is 3. The van der Waals surface area contributed by atoms with Crippen molar-refractivity contribution in [2.45, 2.75) is 38.6 Å². The van der Waals surface area contributed by atoms with Crippen LogP contribution in [-0.2, 0) is 17.6 Å². The molecule has 0 bridgehead atoms. The van der Waals surface area contributed by atoms with E-state index in [1.165, 1.54) is 5.56 Å². The summed E-state index contributed by atoms with van der Waals surface area (Å²) in [6.07, 6.45) is 2.21. The summed E-state index contributed by atoms with van der Waals surface area (Å²) in [6.45, 7) is 1.65. The molecule has 1 aromatic carbocycles. The molecule has 24 heavy (non-hydrogen) atoms. The number of aromatic nitrogens is 2. The lowest BCUT2D eigenvalue weighted by atomic mass is 10.1. The highest BCUT2D eigenvalue weighted by Crippen LogP contribution is 2.32. The molecule has 0 unspecified atom stereocenters. The monoisotopic (exact) mass is 347 g/mol. The fourth-order valence-corrected chi connectivity index (χ4v) is 3.36. The van der Waals surface area contributed by atoms with E-state index >= 15 is 0 Å². The third kappa shape index (κ3) is 3.43. The van der Waals surface area contributed by atoms with Crippen molar-refractivity contribution in [2.75, 3.05) is 0 Å². The fourth-order valence-electron chi connectivity index (χ4n) is 3.17. The number of hydrogen-bond acceptors (Lipinski definition) is 3. The van der Waals surface area contributed by atoms with Gasteiger partial charge in [0.2, 0.25) is 5.91 Å². The van der Waals surface area contributed by atoms with E-state index in [2.05, 4.69) is 15.3 Å². The van der Waals surface area contributed by atoms with Gasteiger partial charge in [0.25, 0.3) is 5.56 Å². The smallest absolute Gasteiger partial charge is 0.325 e. The molecular weight excluding hydrogens is 330 g/mol. The molecule has 126 valence electrons. The molecule has 1 heterocycles. The van der Waals surface area contributed by atoms with Crippen molar-refractivity contribution in [3.63, 3.8) is 0 Å². The molecule has 1 aliphatic rings. The van der Waals surface area contributed by atoms with Gasteiger partial charge in [-0.1, -0.05) is 17.7 Å². The van der Waals surface area contributed by atoms with E-state index < -0.39 is 11.2 Å². The normalized spacial score (nSPS) is 16.0. The highest BCUT2D eigenvalue weighted by atomic mass is 35.5. The van der Waals surface area contributed by atoms with E-state index in [1.54, 1.807) is 6.92 Å². The number of aromatic amines is 2. The van der Waals surface area contributed by atoms with Gasteiger partial charge in [-0.05, 0) is 49.4 Å². The van der Waals surface area contributed by atoms with Gasteiger partial charge in [0, 0.05) is 22.7 Å². The molecule has 1 atom stereocenters. The molecule has 2 aromatic rings. The number of amides is 1. The number of halogens is 1. The summed E-state index contributed by atoms with van der Waals surface area (Å²) in [4.78, 5) is 39.9. The predicted molar refractivity (Wildman–Crippen MR) is 91.4 cm³/mol. The Bertz CT molecular complexity index is 901. The number of hydrogen-bond donors (Lipinski definition) is 3. The first-order valence-corrected chi connectivity index (χ1v) is 8.21. The average Bonchev–Trinajstić information content (AvgIpc) is 2.88. The van der Waals surface area contributed by atoms with Crippen LogP contribution in [0.1, 0.15) is 41.3 Å². The van der Waals surface area contributed by atoms with E-state index in [0.717, 1.165) is 18.4 Å². The van der Waals surface area contributed by atoms with Crippen molar-refractivity contribution in [1.82, 2.24) is 15.3 Å². The van der Waals surface area contributed by atoms with Gasteiger partial charge in [0.1, 0.15) is 0 Å². The Morgan fingerprint density at radius 3 is 2.88 bits per heavy atom. The van der Waals surface area contributed by atoms with Crippen LogP contribution in [0, 0.1) is 6.92 Å². The Kier molecular flexibility index (Phi) is 4.57. The van der Waals surface area contributed by atoms with Crippen molar-refractivity contribution in [1.29, 1.82) is 0 Å². The maximum Gasteiger partial charge on any atom is 0.325 e. The minimum Gasteiger partial charge on any atom is -0.349 e. The number of aryl methyl sites for hydroxylation is 2. The summed E-state index contributed by atoms with van der Waals surface area (Å²) in [6, 6.07) is 5.70. The molecule has 0 aliphatic heterocycles.